The predicted molar refractivity (Wildman–Crippen MR) is 79.9 cm³/mol. The Hall–Kier alpha value is -1.07. The van der Waals surface area contributed by atoms with E-state index in [9.17, 15) is 8.42 Å². The average molecular weight is 284 g/mol. The number of nitrogens with one attached hydrogen (secondary N) is 2. The quantitative estimate of drug-likeness (QED) is 0.809. The van der Waals surface area contributed by atoms with Crippen LogP contribution < -0.4 is 10.0 Å². The molecule has 108 valence electrons. The van der Waals surface area contributed by atoms with Crippen LogP contribution in [0.25, 0.3) is 0 Å². The van der Waals surface area contributed by atoms with Crippen LogP contribution in [0.4, 0.5) is 5.69 Å². The van der Waals surface area contributed by atoms with Crippen LogP contribution in [-0.2, 0) is 10.0 Å². The SMILES string of the molecule is CCC(CC)Nc1ccccc1S(=O)(=O)NC(C)C. The minimum absolute atomic E-state index is 0.119. The highest BCUT2D eigenvalue weighted by Gasteiger charge is 2.19. The van der Waals surface area contributed by atoms with Gasteiger partial charge in [0.2, 0.25) is 10.0 Å². The summed E-state index contributed by atoms with van der Waals surface area (Å²) < 4.78 is 27.2. The smallest absolute Gasteiger partial charge is 0.242 e. The van der Waals surface area contributed by atoms with E-state index in [0.29, 0.717) is 10.6 Å². The molecule has 0 unspecified atom stereocenters. The third-order valence-electron chi connectivity index (χ3n) is 2.91. The molecule has 19 heavy (non-hydrogen) atoms. The molecule has 0 saturated heterocycles. The summed E-state index contributed by atoms with van der Waals surface area (Å²) >= 11 is 0. The van der Waals surface area contributed by atoms with E-state index in [1.54, 1.807) is 12.1 Å². The lowest BCUT2D eigenvalue weighted by Crippen LogP contribution is -2.31. The number of hydrogen-bond donors (Lipinski definition) is 2. The van der Waals surface area contributed by atoms with Crippen molar-refractivity contribution in [3.05, 3.63) is 24.3 Å². The summed E-state index contributed by atoms with van der Waals surface area (Å²) in [6, 6.07) is 7.20. The molecule has 0 heterocycles. The summed E-state index contributed by atoms with van der Waals surface area (Å²) in [6.45, 7) is 7.80. The minimum Gasteiger partial charge on any atom is -0.381 e. The fraction of sp³-hybridized carbons (Fsp3) is 0.571. The van der Waals surface area contributed by atoms with Crippen molar-refractivity contribution in [1.29, 1.82) is 0 Å². The zero-order valence-electron chi connectivity index (χ0n) is 12.1. The monoisotopic (exact) mass is 284 g/mol. The van der Waals surface area contributed by atoms with Gasteiger partial charge in [-0.1, -0.05) is 26.0 Å². The molecule has 5 heteroatoms. The van der Waals surface area contributed by atoms with Gasteiger partial charge >= 0.3 is 0 Å². The Bertz CT molecular complexity index is 494. The molecule has 2 N–H and O–H groups in total. The Balaban J connectivity index is 3.08. The first-order valence-electron chi connectivity index (χ1n) is 6.78. The van der Waals surface area contributed by atoms with Gasteiger partial charge in [0.1, 0.15) is 4.90 Å². The van der Waals surface area contributed by atoms with Crippen LogP contribution in [0.3, 0.4) is 0 Å². The van der Waals surface area contributed by atoms with Crippen LogP contribution in [-0.4, -0.2) is 20.5 Å². The normalized spacial score (nSPS) is 12.1. The van der Waals surface area contributed by atoms with Crippen molar-refractivity contribution in [1.82, 2.24) is 4.72 Å². The molecular weight excluding hydrogens is 260 g/mol. The molecule has 1 aromatic carbocycles. The first-order valence-corrected chi connectivity index (χ1v) is 8.26. The Labute approximate surface area is 116 Å². The second kappa shape index (κ2) is 6.91. The zero-order valence-corrected chi connectivity index (χ0v) is 12.9. The Morgan fingerprint density at radius 2 is 1.68 bits per heavy atom. The van der Waals surface area contributed by atoms with Crippen molar-refractivity contribution >= 4 is 15.7 Å². The molecule has 0 amide bonds. The maximum Gasteiger partial charge on any atom is 0.242 e. The van der Waals surface area contributed by atoms with Gasteiger partial charge in [0, 0.05) is 12.1 Å². The van der Waals surface area contributed by atoms with Crippen molar-refractivity contribution in [3.8, 4) is 0 Å². The van der Waals surface area contributed by atoms with Gasteiger partial charge < -0.3 is 5.32 Å². The molecular formula is C14H24N2O2S. The fourth-order valence-corrected chi connectivity index (χ4v) is 3.33. The van der Waals surface area contributed by atoms with E-state index in [1.807, 2.05) is 26.0 Å². The summed E-state index contributed by atoms with van der Waals surface area (Å²) in [5.74, 6) is 0. The topological polar surface area (TPSA) is 58.2 Å². The van der Waals surface area contributed by atoms with Crippen molar-refractivity contribution in [2.24, 2.45) is 0 Å². The maximum atomic E-state index is 12.3. The van der Waals surface area contributed by atoms with Gasteiger partial charge in [-0.2, -0.15) is 0 Å². The van der Waals surface area contributed by atoms with E-state index in [4.69, 9.17) is 0 Å². The largest absolute Gasteiger partial charge is 0.381 e. The highest BCUT2D eigenvalue weighted by Crippen LogP contribution is 2.22. The second-order valence-electron chi connectivity index (χ2n) is 4.93. The van der Waals surface area contributed by atoms with E-state index in [-0.39, 0.29) is 12.1 Å². The highest BCUT2D eigenvalue weighted by molar-refractivity contribution is 7.89. The van der Waals surface area contributed by atoms with Crippen molar-refractivity contribution in [2.75, 3.05) is 5.32 Å². The molecule has 0 aliphatic heterocycles. The minimum atomic E-state index is -3.46. The number of hydrogen-bond acceptors (Lipinski definition) is 3. The van der Waals surface area contributed by atoms with Gasteiger partial charge in [-0.3, -0.25) is 0 Å². The fourth-order valence-electron chi connectivity index (χ4n) is 1.91. The summed E-state index contributed by atoms with van der Waals surface area (Å²) in [7, 11) is -3.46. The molecule has 0 aliphatic rings. The molecule has 0 aliphatic carbocycles. The first kappa shape index (κ1) is 16.0. The first-order chi connectivity index (χ1) is 8.90. The summed E-state index contributed by atoms with van der Waals surface area (Å²) in [6.07, 6.45) is 1.92. The maximum absolute atomic E-state index is 12.3. The predicted octanol–water partition coefficient (Wildman–Crippen LogP) is 2.97. The number of para-hydroxylation sites is 1. The van der Waals surface area contributed by atoms with Crippen LogP contribution in [0.1, 0.15) is 40.5 Å². The Morgan fingerprint density at radius 3 is 2.21 bits per heavy atom. The van der Waals surface area contributed by atoms with Crippen LogP contribution in [0, 0.1) is 0 Å². The van der Waals surface area contributed by atoms with Crippen molar-refractivity contribution in [2.45, 2.75) is 57.5 Å². The van der Waals surface area contributed by atoms with E-state index in [2.05, 4.69) is 23.9 Å². The third-order valence-corrected chi connectivity index (χ3v) is 4.63. The van der Waals surface area contributed by atoms with Gasteiger partial charge in [-0.05, 0) is 38.8 Å². The van der Waals surface area contributed by atoms with Gasteiger partial charge in [-0.25, -0.2) is 13.1 Å². The average Bonchev–Trinajstić information content (AvgIpc) is 2.34. The number of rotatable bonds is 7. The molecule has 0 saturated carbocycles. The van der Waals surface area contributed by atoms with Crippen LogP contribution >= 0.6 is 0 Å². The van der Waals surface area contributed by atoms with Crippen molar-refractivity contribution in [3.63, 3.8) is 0 Å². The zero-order chi connectivity index (χ0) is 14.5. The van der Waals surface area contributed by atoms with E-state index < -0.39 is 10.0 Å². The summed E-state index contributed by atoms with van der Waals surface area (Å²) in [4.78, 5) is 0.315. The molecule has 1 rings (SSSR count). The van der Waals surface area contributed by atoms with Crippen LogP contribution in [0.5, 0.6) is 0 Å². The van der Waals surface area contributed by atoms with Gasteiger partial charge in [0.15, 0.2) is 0 Å². The van der Waals surface area contributed by atoms with E-state index >= 15 is 0 Å². The molecule has 0 bridgehead atoms. The van der Waals surface area contributed by atoms with Crippen molar-refractivity contribution < 1.29 is 8.42 Å². The molecule has 0 aromatic heterocycles. The molecule has 0 spiro atoms. The third kappa shape index (κ3) is 4.51. The Kier molecular flexibility index (Phi) is 5.82. The molecule has 4 nitrogen and oxygen atoms in total. The Morgan fingerprint density at radius 1 is 1.11 bits per heavy atom. The van der Waals surface area contributed by atoms with Gasteiger partial charge in [0.25, 0.3) is 0 Å². The molecule has 1 aromatic rings. The number of benzene rings is 1. The van der Waals surface area contributed by atoms with Crippen LogP contribution in [0.15, 0.2) is 29.2 Å². The van der Waals surface area contributed by atoms with Gasteiger partial charge in [0.05, 0.1) is 5.69 Å². The van der Waals surface area contributed by atoms with Gasteiger partial charge in [-0.15, -0.1) is 0 Å². The standard InChI is InChI=1S/C14H24N2O2S/c1-5-12(6-2)15-13-9-7-8-10-14(13)19(17,18)16-11(3)4/h7-12,15-16H,5-6H2,1-4H3. The lowest BCUT2D eigenvalue weighted by Gasteiger charge is -2.19. The number of sulfonamides is 1. The summed E-state index contributed by atoms with van der Waals surface area (Å²) in [5.41, 5.74) is 0.671. The lowest BCUT2D eigenvalue weighted by atomic mass is 10.1. The van der Waals surface area contributed by atoms with E-state index in [0.717, 1.165) is 12.8 Å². The number of anilines is 1. The molecule has 0 fully saturated rings. The lowest BCUT2D eigenvalue weighted by molar-refractivity contribution is 0.569. The summed E-state index contributed by atoms with van der Waals surface area (Å²) in [5, 5.41) is 3.31. The molecule has 0 atom stereocenters. The highest BCUT2D eigenvalue weighted by atomic mass is 32.2. The molecule has 0 radical (unpaired) electrons. The van der Waals surface area contributed by atoms with E-state index in [1.165, 1.54) is 0 Å². The second-order valence-corrected chi connectivity index (χ2v) is 6.61. The van der Waals surface area contributed by atoms with Crippen LogP contribution in [0.2, 0.25) is 0 Å².